The number of nitrogens with zero attached hydrogens (tertiary/aromatic N) is 1. The molecule has 1 aromatic carbocycles. The zero-order valence-corrected chi connectivity index (χ0v) is 14.7. The van der Waals surface area contributed by atoms with E-state index in [1.165, 1.54) is 19.1 Å². The molecule has 0 bridgehead atoms. The molecule has 0 unspecified atom stereocenters. The van der Waals surface area contributed by atoms with Crippen LogP contribution in [0.2, 0.25) is 0 Å². The minimum Gasteiger partial charge on any atom is -0.493 e. The van der Waals surface area contributed by atoms with E-state index in [9.17, 15) is 9.59 Å². The number of hydrogen-bond acceptors (Lipinski definition) is 4. The molecule has 0 fully saturated rings. The van der Waals surface area contributed by atoms with Crippen LogP contribution in [0.15, 0.2) is 18.2 Å². The molecule has 1 aromatic rings. The molecule has 0 saturated heterocycles. The van der Waals surface area contributed by atoms with Crippen LogP contribution < -0.4 is 14.8 Å². The van der Waals surface area contributed by atoms with Crippen molar-refractivity contribution in [3.8, 4) is 11.5 Å². The minimum atomic E-state index is -0.330. The van der Waals surface area contributed by atoms with E-state index in [0.29, 0.717) is 23.6 Å². The molecule has 0 saturated carbocycles. The fourth-order valence-corrected chi connectivity index (χ4v) is 2.11. The van der Waals surface area contributed by atoms with E-state index in [2.05, 4.69) is 5.32 Å². The van der Waals surface area contributed by atoms with Gasteiger partial charge in [0.25, 0.3) is 5.91 Å². The highest BCUT2D eigenvalue weighted by Crippen LogP contribution is 2.28. The largest absolute Gasteiger partial charge is 0.493 e. The average molecular weight is 322 g/mol. The second kappa shape index (κ2) is 7.85. The summed E-state index contributed by atoms with van der Waals surface area (Å²) < 4.78 is 10.4. The Morgan fingerprint density at radius 1 is 1.13 bits per heavy atom. The number of rotatable bonds is 6. The van der Waals surface area contributed by atoms with Crippen molar-refractivity contribution in [2.24, 2.45) is 0 Å². The minimum absolute atomic E-state index is 0.0148. The Balaban J connectivity index is 2.90. The quantitative estimate of drug-likeness (QED) is 0.871. The van der Waals surface area contributed by atoms with Crippen LogP contribution in [0, 0.1) is 0 Å². The van der Waals surface area contributed by atoms with Gasteiger partial charge in [-0.2, -0.15) is 0 Å². The summed E-state index contributed by atoms with van der Waals surface area (Å²) in [6, 6.07) is 4.95. The molecule has 6 heteroatoms. The van der Waals surface area contributed by atoms with Crippen molar-refractivity contribution < 1.29 is 19.1 Å². The molecule has 128 valence electrons. The smallest absolute Gasteiger partial charge is 0.254 e. The van der Waals surface area contributed by atoms with Gasteiger partial charge in [-0.15, -0.1) is 0 Å². The highest BCUT2D eigenvalue weighted by atomic mass is 16.5. The molecule has 0 spiro atoms. The molecule has 0 aliphatic rings. The highest BCUT2D eigenvalue weighted by molar-refractivity contribution is 5.97. The maximum Gasteiger partial charge on any atom is 0.254 e. The van der Waals surface area contributed by atoms with Gasteiger partial charge >= 0.3 is 0 Å². The number of methoxy groups -OCH3 is 2. The number of hydrogen-bond donors (Lipinski definition) is 1. The molecule has 0 atom stereocenters. The maximum absolute atomic E-state index is 12.6. The molecular formula is C17H26N2O4. The summed E-state index contributed by atoms with van der Waals surface area (Å²) in [5.41, 5.74) is 0.121. The topological polar surface area (TPSA) is 67.9 Å². The second-order valence-electron chi connectivity index (χ2n) is 6.19. The summed E-state index contributed by atoms with van der Waals surface area (Å²) in [6.45, 7) is 7.99. The van der Waals surface area contributed by atoms with Gasteiger partial charge in [0.15, 0.2) is 11.5 Å². The first-order chi connectivity index (χ1) is 10.7. The van der Waals surface area contributed by atoms with Crippen LogP contribution in [-0.4, -0.2) is 49.6 Å². The molecule has 23 heavy (non-hydrogen) atoms. The van der Waals surface area contributed by atoms with Crippen molar-refractivity contribution in [1.29, 1.82) is 0 Å². The second-order valence-corrected chi connectivity index (χ2v) is 6.19. The normalized spacial score (nSPS) is 10.9. The number of ether oxygens (including phenoxy) is 2. The lowest BCUT2D eigenvalue weighted by Crippen LogP contribution is -2.47. The van der Waals surface area contributed by atoms with Gasteiger partial charge < -0.3 is 19.7 Å². The Bertz CT molecular complexity index is 564. The van der Waals surface area contributed by atoms with Gasteiger partial charge in [0.1, 0.15) is 0 Å². The zero-order chi connectivity index (χ0) is 17.6. The van der Waals surface area contributed by atoms with E-state index in [1.807, 2.05) is 27.7 Å². The van der Waals surface area contributed by atoms with Gasteiger partial charge in [-0.25, -0.2) is 0 Å². The number of carbonyl (C=O) groups excluding carboxylic acids is 2. The number of likely N-dealkylation sites (N-methyl/N-ethyl adjacent to an activating group) is 1. The fraction of sp³-hybridized carbons (Fsp3) is 0.529. The summed E-state index contributed by atoms with van der Waals surface area (Å²) in [5.74, 6) is 0.622. The molecule has 6 nitrogen and oxygen atoms in total. The molecule has 2 amide bonds. The van der Waals surface area contributed by atoms with Crippen molar-refractivity contribution in [2.45, 2.75) is 33.2 Å². The average Bonchev–Trinajstić information content (AvgIpc) is 2.49. The van der Waals surface area contributed by atoms with Crippen LogP contribution in [0.5, 0.6) is 11.5 Å². The Morgan fingerprint density at radius 2 is 1.74 bits per heavy atom. The maximum atomic E-state index is 12.6. The Kier molecular flexibility index (Phi) is 6.42. The van der Waals surface area contributed by atoms with Crippen molar-refractivity contribution >= 4 is 11.8 Å². The molecule has 1 rings (SSSR count). The van der Waals surface area contributed by atoms with Crippen LogP contribution >= 0.6 is 0 Å². The first-order valence-corrected chi connectivity index (χ1v) is 7.54. The van der Waals surface area contributed by atoms with Gasteiger partial charge in [-0.3, -0.25) is 9.59 Å². The van der Waals surface area contributed by atoms with Crippen LogP contribution in [0.3, 0.4) is 0 Å². The molecule has 0 heterocycles. The zero-order valence-electron chi connectivity index (χ0n) is 14.7. The molecule has 1 N–H and O–H groups in total. The molecule has 0 aromatic heterocycles. The summed E-state index contributed by atoms with van der Waals surface area (Å²) in [6.07, 6.45) is 0. The van der Waals surface area contributed by atoms with Crippen LogP contribution in [0.4, 0.5) is 0 Å². The lowest BCUT2D eigenvalue weighted by Gasteiger charge is -2.25. The summed E-state index contributed by atoms with van der Waals surface area (Å²) >= 11 is 0. The molecule has 0 aliphatic carbocycles. The van der Waals surface area contributed by atoms with E-state index in [4.69, 9.17) is 9.47 Å². The lowest BCUT2D eigenvalue weighted by atomic mass is 10.1. The Hall–Kier alpha value is -2.24. The highest BCUT2D eigenvalue weighted by Gasteiger charge is 2.21. The van der Waals surface area contributed by atoms with Crippen molar-refractivity contribution in [3.63, 3.8) is 0 Å². The molecular weight excluding hydrogens is 296 g/mol. The van der Waals surface area contributed by atoms with E-state index >= 15 is 0 Å². The predicted molar refractivity (Wildman–Crippen MR) is 89.0 cm³/mol. The standard InChI is InChI=1S/C17H26N2O4/c1-7-19(11-15(20)18-17(2,3)4)16(21)12-8-9-13(22-5)14(10-12)23-6/h8-10H,7,11H2,1-6H3,(H,18,20). The lowest BCUT2D eigenvalue weighted by molar-refractivity contribution is -0.123. The fourth-order valence-electron chi connectivity index (χ4n) is 2.11. The molecule has 0 aliphatic heterocycles. The van der Waals surface area contributed by atoms with E-state index < -0.39 is 0 Å². The Morgan fingerprint density at radius 3 is 2.22 bits per heavy atom. The Labute approximate surface area is 137 Å². The first kappa shape index (κ1) is 18.8. The third-order valence-corrected chi connectivity index (χ3v) is 3.15. The number of benzene rings is 1. The van der Waals surface area contributed by atoms with Gasteiger partial charge in [0, 0.05) is 17.6 Å². The SMILES string of the molecule is CCN(CC(=O)NC(C)(C)C)C(=O)c1ccc(OC)c(OC)c1. The summed E-state index contributed by atoms with van der Waals surface area (Å²) in [4.78, 5) is 26.1. The van der Waals surface area contributed by atoms with E-state index in [-0.39, 0.29) is 23.9 Å². The summed E-state index contributed by atoms with van der Waals surface area (Å²) in [5, 5.41) is 2.85. The summed E-state index contributed by atoms with van der Waals surface area (Å²) in [7, 11) is 3.05. The number of carbonyl (C=O) groups is 2. The predicted octanol–water partition coefficient (Wildman–Crippen LogP) is 2.08. The van der Waals surface area contributed by atoms with Gasteiger partial charge in [0.05, 0.1) is 20.8 Å². The van der Waals surface area contributed by atoms with Gasteiger partial charge in [-0.1, -0.05) is 0 Å². The van der Waals surface area contributed by atoms with Crippen molar-refractivity contribution in [1.82, 2.24) is 10.2 Å². The van der Waals surface area contributed by atoms with E-state index in [1.54, 1.807) is 18.2 Å². The number of amides is 2. The third-order valence-electron chi connectivity index (χ3n) is 3.15. The molecule has 0 radical (unpaired) electrons. The third kappa shape index (κ3) is 5.47. The monoisotopic (exact) mass is 322 g/mol. The van der Waals surface area contributed by atoms with Crippen molar-refractivity contribution in [3.05, 3.63) is 23.8 Å². The van der Waals surface area contributed by atoms with Gasteiger partial charge in [-0.05, 0) is 45.9 Å². The van der Waals surface area contributed by atoms with Crippen LogP contribution in [0.25, 0.3) is 0 Å². The van der Waals surface area contributed by atoms with Crippen molar-refractivity contribution in [2.75, 3.05) is 27.3 Å². The van der Waals surface area contributed by atoms with E-state index in [0.717, 1.165) is 0 Å². The van der Waals surface area contributed by atoms with Crippen LogP contribution in [0.1, 0.15) is 38.1 Å². The number of nitrogens with one attached hydrogen (secondary N) is 1. The van der Waals surface area contributed by atoms with Crippen LogP contribution in [-0.2, 0) is 4.79 Å². The van der Waals surface area contributed by atoms with Gasteiger partial charge in [0.2, 0.25) is 5.91 Å². The first-order valence-electron chi connectivity index (χ1n) is 7.54.